The maximum atomic E-state index is 6.30. The number of nitrogens with zero attached hydrogens (tertiary/aromatic N) is 2. The molecule has 3 rings (SSSR count). The average Bonchev–Trinajstić information content (AvgIpc) is 2.81. The Morgan fingerprint density at radius 2 is 1.78 bits per heavy atom. The van der Waals surface area contributed by atoms with Crippen LogP contribution in [-0.2, 0) is 13.1 Å². The molecule has 0 saturated carbocycles. The monoisotopic (exact) mass is 375 g/mol. The second kappa shape index (κ2) is 7.51. The van der Waals surface area contributed by atoms with Gasteiger partial charge in [0.1, 0.15) is 29.9 Å². The molecule has 2 aromatic carbocycles. The topological polar surface area (TPSA) is 44.1 Å². The largest absolute Gasteiger partial charge is 1.00 e. The van der Waals surface area contributed by atoms with E-state index in [2.05, 4.69) is 47.2 Å². The lowest BCUT2D eigenvalue weighted by Crippen LogP contribution is -3.00. The number of nitrogens with two attached hydrogens (primary N) is 1. The van der Waals surface area contributed by atoms with E-state index < -0.39 is 0 Å². The number of rotatable bonds is 5. The lowest BCUT2D eigenvalue weighted by molar-refractivity contribution is -0.658. The van der Waals surface area contributed by atoms with Crippen molar-refractivity contribution in [2.24, 2.45) is 0 Å². The Kier molecular flexibility index (Phi) is 5.66. The lowest BCUT2D eigenvalue weighted by Gasteiger charge is -2.06. The van der Waals surface area contributed by atoms with E-state index in [4.69, 9.17) is 10.5 Å². The quantitative estimate of drug-likeness (QED) is 0.634. The molecular formula is C18H22BrN3O. The van der Waals surface area contributed by atoms with Crippen molar-refractivity contribution in [1.82, 2.24) is 4.57 Å². The van der Waals surface area contributed by atoms with Crippen molar-refractivity contribution in [3.8, 4) is 5.75 Å². The predicted octanol–water partition coefficient (Wildman–Crippen LogP) is -0.0777. The Bertz CT molecular complexity index is 781. The smallest absolute Gasteiger partial charge is 0.356 e. The summed E-state index contributed by atoms with van der Waals surface area (Å²) < 4.78 is 10.1. The van der Waals surface area contributed by atoms with E-state index in [1.807, 2.05) is 24.3 Å². The standard InChI is InChI=1S/C18H21N3O.BrH/c1-3-20-16-6-4-5-7-17(16)21(18(20)19)12-13-22-15-10-8-14(2)9-11-15;/h4-11,19H,3,12-13H2,1-2H3;1H. The Balaban J connectivity index is 0.00000192. The SMILES string of the molecule is CCn1c(N)[n+](CCOc2ccc(C)cc2)c2ccccc21.[Br-]. The first-order valence-corrected chi connectivity index (χ1v) is 7.66. The summed E-state index contributed by atoms with van der Waals surface area (Å²) in [6, 6.07) is 16.4. The van der Waals surface area contributed by atoms with E-state index in [1.54, 1.807) is 0 Å². The summed E-state index contributed by atoms with van der Waals surface area (Å²) >= 11 is 0. The van der Waals surface area contributed by atoms with Crippen molar-refractivity contribution in [2.45, 2.75) is 26.9 Å². The molecule has 4 nitrogen and oxygen atoms in total. The second-order valence-corrected chi connectivity index (χ2v) is 5.40. The predicted molar refractivity (Wildman–Crippen MR) is 88.9 cm³/mol. The number of fused-ring (bicyclic) bond motifs is 1. The van der Waals surface area contributed by atoms with Crippen LogP contribution in [0.15, 0.2) is 48.5 Å². The first kappa shape index (κ1) is 17.3. The molecule has 5 heteroatoms. The van der Waals surface area contributed by atoms with Crippen molar-refractivity contribution < 1.29 is 26.3 Å². The highest BCUT2D eigenvalue weighted by Gasteiger charge is 2.19. The molecule has 1 heterocycles. The van der Waals surface area contributed by atoms with Gasteiger partial charge in [0.2, 0.25) is 0 Å². The summed E-state index contributed by atoms with van der Waals surface area (Å²) in [6.07, 6.45) is 0. The fourth-order valence-corrected chi connectivity index (χ4v) is 2.77. The Morgan fingerprint density at radius 3 is 2.48 bits per heavy atom. The Morgan fingerprint density at radius 1 is 1.09 bits per heavy atom. The number of aryl methyl sites for hydroxylation is 2. The summed E-state index contributed by atoms with van der Waals surface area (Å²) in [5, 5.41) is 0. The number of hydrogen-bond acceptors (Lipinski definition) is 2. The summed E-state index contributed by atoms with van der Waals surface area (Å²) in [5.74, 6) is 1.67. The lowest BCUT2D eigenvalue weighted by atomic mass is 10.2. The third-order valence-corrected chi connectivity index (χ3v) is 3.94. The number of para-hydroxylation sites is 2. The number of nitrogen functional groups attached to an aromatic ring is 1. The van der Waals surface area contributed by atoms with Crippen molar-refractivity contribution >= 4 is 17.0 Å². The zero-order valence-electron chi connectivity index (χ0n) is 13.5. The molecule has 2 N–H and O–H groups in total. The van der Waals surface area contributed by atoms with Crippen LogP contribution in [0.3, 0.4) is 0 Å². The van der Waals surface area contributed by atoms with Crippen molar-refractivity contribution in [2.75, 3.05) is 12.3 Å². The van der Waals surface area contributed by atoms with Crippen LogP contribution in [0.25, 0.3) is 11.0 Å². The number of benzene rings is 2. The molecule has 23 heavy (non-hydrogen) atoms. The zero-order valence-corrected chi connectivity index (χ0v) is 15.1. The van der Waals surface area contributed by atoms with Gasteiger partial charge in [0, 0.05) is 0 Å². The number of aromatic nitrogens is 2. The van der Waals surface area contributed by atoms with Crippen molar-refractivity contribution in [3.63, 3.8) is 0 Å². The van der Waals surface area contributed by atoms with Gasteiger partial charge in [0.05, 0.1) is 6.54 Å². The molecule has 0 amide bonds. The van der Waals surface area contributed by atoms with Gasteiger partial charge >= 0.3 is 5.95 Å². The molecule has 1 aromatic heterocycles. The minimum absolute atomic E-state index is 0. The van der Waals surface area contributed by atoms with E-state index >= 15 is 0 Å². The molecule has 0 saturated heterocycles. The fraction of sp³-hybridized carbons (Fsp3) is 0.278. The van der Waals surface area contributed by atoms with Gasteiger partial charge in [-0.3, -0.25) is 5.73 Å². The summed E-state index contributed by atoms with van der Waals surface area (Å²) in [5.41, 5.74) is 9.84. The Hall–Kier alpha value is -2.01. The number of anilines is 1. The van der Waals surface area contributed by atoms with Gasteiger partial charge in [-0.05, 0) is 38.1 Å². The molecule has 0 spiro atoms. The summed E-state index contributed by atoms with van der Waals surface area (Å²) in [7, 11) is 0. The average molecular weight is 376 g/mol. The van der Waals surface area contributed by atoms with Crippen LogP contribution >= 0.6 is 0 Å². The summed E-state index contributed by atoms with van der Waals surface area (Å²) in [4.78, 5) is 0. The van der Waals surface area contributed by atoms with Crippen LogP contribution in [0.4, 0.5) is 5.95 Å². The highest BCUT2D eigenvalue weighted by atomic mass is 79.9. The number of hydrogen-bond donors (Lipinski definition) is 1. The third kappa shape index (κ3) is 3.50. The van der Waals surface area contributed by atoms with Gasteiger partial charge in [-0.15, -0.1) is 0 Å². The van der Waals surface area contributed by atoms with Crippen molar-refractivity contribution in [1.29, 1.82) is 0 Å². The molecule has 0 unspecified atom stereocenters. The van der Waals surface area contributed by atoms with E-state index in [0.717, 1.165) is 35.8 Å². The number of halogens is 1. The maximum absolute atomic E-state index is 6.30. The van der Waals surface area contributed by atoms with Gasteiger partial charge in [-0.2, -0.15) is 0 Å². The summed E-state index contributed by atoms with van der Waals surface area (Å²) in [6.45, 7) is 6.36. The first-order chi connectivity index (χ1) is 10.7. The van der Waals surface area contributed by atoms with Crippen LogP contribution in [0.5, 0.6) is 5.75 Å². The van der Waals surface area contributed by atoms with E-state index in [1.165, 1.54) is 5.56 Å². The normalized spacial score (nSPS) is 10.5. The van der Waals surface area contributed by atoms with Crippen LogP contribution < -0.4 is 32.0 Å². The first-order valence-electron chi connectivity index (χ1n) is 7.66. The van der Waals surface area contributed by atoms with Crippen LogP contribution in [0, 0.1) is 6.92 Å². The minimum atomic E-state index is 0. The highest BCUT2D eigenvalue weighted by molar-refractivity contribution is 5.73. The minimum Gasteiger partial charge on any atom is -1.00 e. The molecule has 122 valence electrons. The van der Waals surface area contributed by atoms with Crippen LogP contribution in [0.2, 0.25) is 0 Å². The number of ether oxygens (including phenoxy) is 1. The fourth-order valence-electron chi connectivity index (χ4n) is 2.77. The van der Waals surface area contributed by atoms with Crippen molar-refractivity contribution in [3.05, 3.63) is 54.1 Å². The highest BCUT2D eigenvalue weighted by Crippen LogP contribution is 2.16. The van der Waals surface area contributed by atoms with Crippen LogP contribution in [-0.4, -0.2) is 11.2 Å². The molecule has 0 aliphatic heterocycles. The number of imidazole rings is 1. The molecule has 0 bridgehead atoms. The van der Waals surface area contributed by atoms with Gasteiger partial charge in [-0.25, -0.2) is 9.13 Å². The van der Waals surface area contributed by atoms with E-state index in [9.17, 15) is 0 Å². The third-order valence-electron chi connectivity index (χ3n) is 3.94. The zero-order chi connectivity index (χ0) is 15.5. The molecule has 0 aliphatic rings. The molecule has 0 fully saturated rings. The molecule has 0 aliphatic carbocycles. The maximum Gasteiger partial charge on any atom is 0.356 e. The van der Waals surface area contributed by atoms with E-state index in [0.29, 0.717) is 6.61 Å². The molecular weight excluding hydrogens is 354 g/mol. The van der Waals surface area contributed by atoms with Crippen LogP contribution in [0.1, 0.15) is 12.5 Å². The van der Waals surface area contributed by atoms with E-state index in [-0.39, 0.29) is 17.0 Å². The molecule has 0 atom stereocenters. The van der Waals surface area contributed by atoms with Gasteiger partial charge in [-0.1, -0.05) is 29.8 Å². The van der Waals surface area contributed by atoms with Gasteiger partial charge < -0.3 is 21.7 Å². The molecule has 0 radical (unpaired) electrons. The van der Waals surface area contributed by atoms with Gasteiger partial charge in [0.25, 0.3) is 0 Å². The van der Waals surface area contributed by atoms with Gasteiger partial charge in [0.15, 0.2) is 0 Å². The second-order valence-electron chi connectivity index (χ2n) is 5.40. The molecule has 3 aromatic rings. The Labute approximate surface area is 147 Å².